The molecule has 0 bridgehead atoms. The maximum atomic E-state index is 4.07. The summed E-state index contributed by atoms with van der Waals surface area (Å²) in [6.07, 6.45) is 3.60. The monoisotopic (exact) mass is 305 g/mol. The highest BCUT2D eigenvalue weighted by Gasteiger charge is 2.12. The van der Waals surface area contributed by atoms with Gasteiger partial charge in [0.2, 0.25) is 0 Å². The van der Waals surface area contributed by atoms with E-state index in [9.17, 15) is 0 Å². The molecule has 0 atom stereocenters. The van der Waals surface area contributed by atoms with Gasteiger partial charge in [-0.05, 0) is 32.0 Å². The number of anilines is 1. The van der Waals surface area contributed by atoms with Crippen molar-refractivity contribution in [3.05, 3.63) is 40.9 Å². The van der Waals surface area contributed by atoms with Crippen LogP contribution in [0, 0.1) is 0 Å². The standard InChI is InChI=1S/C13H17BBrN3/c1-9(2)18(7-10-6-16-8-17-10)11-3-4-13(15)12(14)5-11/h3-6,8-9H,7,14H2,1-2H3,(H,16,17). The third kappa shape index (κ3) is 2.96. The number of H-pyrrole nitrogens is 1. The number of aromatic amines is 1. The number of aromatic nitrogens is 2. The summed E-state index contributed by atoms with van der Waals surface area (Å²) in [5.74, 6) is 0. The lowest BCUT2D eigenvalue weighted by molar-refractivity contribution is 0.675. The zero-order valence-electron chi connectivity index (χ0n) is 10.9. The Kier molecular flexibility index (Phi) is 4.12. The van der Waals surface area contributed by atoms with Crippen LogP contribution in [0.25, 0.3) is 0 Å². The average molecular weight is 306 g/mol. The van der Waals surface area contributed by atoms with Crippen molar-refractivity contribution in [1.29, 1.82) is 0 Å². The average Bonchev–Trinajstić information content (AvgIpc) is 2.82. The third-order valence-corrected chi connectivity index (χ3v) is 3.88. The molecule has 0 saturated heterocycles. The summed E-state index contributed by atoms with van der Waals surface area (Å²) in [6, 6.07) is 6.90. The van der Waals surface area contributed by atoms with E-state index in [1.165, 1.54) is 11.2 Å². The van der Waals surface area contributed by atoms with Crippen LogP contribution in [0.3, 0.4) is 0 Å². The van der Waals surface area contributed by atoms with Gasteiger partial charge in [0.1, 0.15) is 7.85 Å². The molecule has 0 unspecified atom stereocenters. The minimum atomic E-state index is 0.439. The van der Waals surface area contributed by atoms with Crippen LogP contribution in [0.1, 0.15) is 19.5 Å². The summed E-state index contributed by atoms with van der Waals surface area (Å²) in [4.78, 5) is 9.58. The number of nitrogens with zero attached hydrogens (tertiary/aromatic N) is 2. The Morgan fingerprint density at radius 1 is 1.44 bits per heavy atom. The van der Waals surface area contributed by atoms with Gasteiger partial charge in [-0.2, -0.15) is 0 Å². The van der Waals surface area contributed by atoms with Gasteiger partial charge in [0.15, 0.2) is 0 Å². The first-order valence-corrected chi connectivity index (χ1v) is 6.87. The van der Waals surface area contributed by atoms with Crippen molar-refractivity contribution in [3.63, 3.8) is 0 Å². The van der Waals surface area contributed by atoms with Crippen LogP contribution < -0.4 is 10.4 Å². The number of hydrogen-bond donors (Lipinski definition) is 1. The van der Waals surface area contributed by atoms with Crippen LogP contribution in [-0.4, -0.2) is 23.9 Å². The van der Waals surface area contributed by atoms with E-state index in [-0.39, 0.29) is 0 Å². The molecular weight excluding hydrogens is 289 g/mol. The van der Waals surface area contributed by atoms with Gasteiger partial charge in [0.05, 0.1) is 18.6 Å². The fourth-order valence-electron chi connectivity index (χ4n) is 1.93. The van der Waals surface area contributed by atoms with Crippen molar-refractivity contribution in [2.24, 2.45) is 0 Å². The van der Waals surface area contributed by atoms with E-state index in [0.29, 0.717) is 6.04 Å². The summed E-state index contributed by atoms with van der Waals surface area (Å²) >= 11 is 3.54. The number of hydrogen-bond acceptors (Lipinski definition) is 2. The predicted octanol–water partition coefficient (Wildman–Crippen LogP) is 1.85. The van der Waals surface area contributed by atoms with E-state index in [1.54, 1.807) is 6.33 Å². The lowest BCUT2D eigenvalue weighted by atomic mass is 9.95. The quantitative estimate of drug-likeness (QED) is 0.874. The minimum Gasteiger partial charge on any atom is -0.363 e. The Balaban J connectivity index is 2.26. The molecule has 0 radical (unpaired) electrons. The van der Waals surface area contributed by atoms with Gasteiger partial charge in [-0.25, -0.2) is 4.98 Å². The molecule has 0 spiro atoms. The van der Waals surface area contributed by atoms with Crippen molar-refractivity contribution >= 4 is 34.9 Å². The first-order chi connectivity index (χ1) is 8.58. The van der Waals surface area contributed by atoms with Gasteiger partial charge >= 0.3 is 0 Å². The Morgan fingerprint density at radius 2 is 2.22 bits per heavy atom. The van der Waals surface area contributed by atoms with Gasteiger partial charge in [-0.3, -0.25) is 0 Å². The Bertz CT molecular complexity index is 511. The van der Waals surface area contributed by atoms with Crippen molar-refractivity contribution in [3.8, 4) is 0 Å². The molecule has 1 heterocycles. The van der Waals surface area contributed by atoms with Gasteiger partial charge in [-0.1, -0.05) is 21.4 Å². The first-order valence-electron chi connectivity index (χ1n) is 6.08. The largest absolute Gasteiger partial charge is 0.363 e. The zero-order valence-corrected chi connectivity index (χ0v) is 12.5. The Morgan fingerprint density at radius 3 is 2.78 bits per heavy atom. The van der Waals surface area contributed by atoms with E-state index in [2.05, 4.69) is 70.7 Å². The molecule has 1 aromatic carbocycles. The molecule has 1 aromatic heterocycles. The van der Waals surface area contributed by atoms with E-state index in [0.717, 1.165) is 16.7 Å². The zero-order chi connectivity index (χ0) is 13.1. The molecule has 2 rings (SSSR count). The smallest absolute Gasteiger partial charge is 0.140 e. The minimum absolute atomic E-state index is 0.439. The second-order valence-corrected chi connectivity index (χ2v) is 5.59. The first kappa shape index (κ1) is 13.2. The van der Waals surface area contributed by atoms with Crippen LogP contribution in [0.2, 0.25) is 0 Å². The van der Waals surface area contributed by atoms with Gasteiger partial charge in [0.25, 0.3) is 0 Å². The molecule has 2 aromatic rings. The molecule has 0 aliphatic heterocycles. The SMILES string of the molecule is Bc1cc(N(Cc2cnc[nH]2)C(C)C)ccc1Br. The van der Waals surface area contributed by atoms with Gasteiger partial charge in [-0.15, -0.1) is 0 Å². The number of imidazole rings is 1. The van der Waals surface area contributed by atoms with Crippen molar-refractivity contribution in [1.82, 2.24) is 9.97 Å². The topological polar surface area (TPSA) is 31.9 Å². The van der Waals surface area contributed by atoms with E-state index in [4.69, 9.17) is 0 Å². The Labute approximate surface area is 117 Å². The van der Waals surface area contributed by atoms with Crippen LogP contribution in [0.4, 0.5) is 5.69 Å². The van der Waals surface area contributed by atoms with Crippen LogP contribution in [-0.2, 0) is 6.54 Å². The third-order valence-electron chi connectivity index (χ3n) is 2.99. The maximum Gasteiger partial charge on any atom is 0.140 e. The predicted molar refractivity (Wildman–Crippen MR) is 82.2 cm³/mol. The van der Waals surface area contributed by atoms with Crippen molar-refractivity contribution < 1.29 is 0 Å². The van der Waals surface area contributed by atoms with Crippen LogP contribution in [0.15, 0.2) is 35.2 Å². The molecule has 0 amide bonds. The fraction of sp³-hybridized carbons (Fsp3) is 0.308. The highest BCUT2D eigenvalue weighted by atomic mass is 79.9. The molecule has 1 N–H and O–H groups in total. The second kappa shape index (κ2) is 5.61. The van der Waals surface area contributed by atoms with Crippen molar-refractivity contribution in [2.75, 3.05) is 4.90 Å². The number of benzene rings is 1. The fourth-order valence-corrected chi connectivity index (χ4v) is 2.18. The van der Waals surface area contributed by atoms with E-state index < -0.39 is 0 Å². The maximum absolute atomic E-state index is 4.07. The highest BCUT2D eigenvalue weighted by Crippen LogP contribution is 2.20. The van der Waals surface area contributed by atoms with Gasteiger partial charge < -0.3 is 9.88 Å². The number of rotatable bonds is 4. The lowest BCUT2D eigenvalue weighted by Crippen LogP contribution is -2.31. The molecule has 0 saturated carbocycles. The van der Waals surface area contributed by atoms with Crippen LogP contribution in [0.5, 0.6) is 0 Å². The molecule has 5 heteroatoms. The second-order valence-electron chi connectivity index (χ2n) is 4.73. The summed E-state index contributed by atoms with van der Waals surface area (Å²) in [5, 5.41) is 0. The highest BCUT2D eigenvalue weighted by molar-refractivity contribution is 9.10. The summed E-state index contributed by atoms with van der Waals surface area (Å²) < 4.78 is 1.15. The van der Waals surface area contributed by atoms with E-state index in [1.807, 2.05) is 6.20 Å². The molecule has 0 aliphatic carbocycles. The number of halogens is 1. The molecule has 0 fully saturated rings. The molecule has 18 heavy (non-hydrogen) atoms. The van der Waals surface area contributed by atoms with Crippen molar-refractivity contribution in [2.45, 2.75) is 26.4 Å². The molecule has 3 nitrogen and oxygen atoms in total. The number of nitrogens with one attached hydrogen (secondary N) is 1. The summed E-state index contributed by atoms with van der Waals surface area (Å²) in [5.41, 5.74) is 3.62. The molecule has 0 aliphatic rings. The summed E-state index contributed by atoms with van der Waals surface area (Å²) in [6.45, 7) is 5.25. The van der Waals surface area contributed by atoms with E-state index >= 15 is 0 Å². The summed E-state index contributed by atoms with van der Waals surface area (Å²) in [7, 11) is 2.11. The Hall–Kier alpha value is -1.23. The lowest BCUT2D eigenvalue weighted by Gasteiger charge is -2.29. The van der Waals surface area contributed by atoms with Gasteiger partial charge in [0, 0.05) is 22.4 Å². The molecular formula is C13H17BBrN3. The molecule has 94 valence electrons. The van der Waals surface area contributed by atoms with Crippen LogP contribution >= 0.6 is 15.9 Å². The normalized spacial score (nSPS) is 10.9.